The molecule has 2 aliphatic rings. The number of halogens is 1. The van der Waals surface area contributed by atoms with Crippen LogP contribution in [0.25, 0.3) is 0 Å². The van der Waals surface area contributed by atoms with E-state index in [0.717, 1.165) is 28.7 Å². The normalized spacial score (nSPS) is 31.2. The number of rotatable bonds is 4. The van der Waals surface area contributed by atoms with Crippen molar-refractivity contribution in [1.82, 2.24) is 0 Å². The van der Waals surface area contributed by atoms with E-state index in [0.29, 0.717) is 24.3 Å². The van der Waals surface area contributed by atoms with Crippen LogP contribution in [0.5, 0.6) is 0 Å². The molecule has 5 nitrogen and oxygen atoms in total. The summed E-state index contributed by atoms with van der Waals surface area (Å²) >= 11 is 6.56. The Morgan fingerprint density at radius 1 is 1.07 bits per heavy atom. The van der Waals surface area contributed by atoms with Crippen molar-refractivity contribution in [1.29, 1.82) is 0 Å². The molecular weight excluding hydrogens is 392 g/mol. The lowest BCUT2D eigenvalue weighted by Gasteiger charge is -2.47. The van der Waals surface area contributed by atoms with Crippen LogP contribution >= 0.6 is 11.6 Å². The molecule has 156 valence electrons. The highest BCUT2D eigenvalue weighted by molar-refractivity contribution is 6.31. The average Bonchev–Trinajstić information content (AvgIpc) is 3.08. The van der Waals surface area contributed by atoms with Gasteiger partial charge in [0.15, 0.2) is 0 Å². The van der Waals surface area contributed by atoms with Gasteiger partial charge in [-0.25, -0.2) is 0 Å². The lowest BCUT2D eigenvalue weighted by atomic mass is 9.80. The summed E-state index contributed by atoms with van der Waals surface area (Å²) in [7, 11) is 0. The van der Waals surface area contributed by atoms with Crippen LogP contribution in [0, 0.1) is 0 Å². The molecule has 5 unspecified atom stereocenters. The molecule has 1 saturated heterocycles. The Morgan fingerprint density at radius 3 is 2.41 bits per heavy atom. The number of aryl methyl sites for hydroxylation is 2. The number of ether oxygens (including phenoxy) is 1. The summed E-state index contributed by atoms with van der Waals surface area (Å²) in [6, 6.07) is 12.2. The Hall–Kier alpha value is -1.47. The molecule has 0 aromatic heterocycles. The van der Waals surface area contributed by atoms with Gasteiger partial charge in [-0.1, -0.05) is 48.9 Å². The van der Waals surface area contributed by atoms with E-state index in [-0.39, 0.29) is 0 Å². The highest BCUT2D eigenvalue weighted by Gasteiger charge is 2.56. The molecule has 0 amide bonds. The molecule has 2 aromatic carbocycles. The largest absolute Gasteiger partial charge is 0.394 e. The zero-order valence-electron chi connectivity index (χ0n) is 16.4. The first-order valence-electron chi connectivity index (χ1n) is 10.1. The molecule has 1 fully saturated rings. The summed E-state index contributed by atoms with van der Waals surface area (Å²) in [6.45, 7) is 1.68. The summed E-state index contributed by atoms with van der Waals surface area (Å²) in [5.41, 5.74) is 3.89. The van der Waals surface area contributed by atoms with Gasteiger partial charge in [0.2, 0.25) is 0 Å². The molecule has 0 bridgehead atoms. The van der Waals surface area contributed by atoms with Gasteiger partial charge in [-0.3, -0.25) is 0 Å². The van der Waals surface area contributed by atoms with Gasteiger partial charge in [-0.05, 0) is 59.6 Å². The standard InChI is InChI=1S/C23H27ClO5/c1-2-13-3-5-14(6-4-13)9-16-10-17-15(11-18(16)24)7-8-23(17)22(28)21(27)20(26)19(12-25)29-23/h3-6,10-11,19-22,25-28H,2,7-9,12H2,1H3. The molecule has 6 heteroatoms. The van der Waals surface area contributed by atoms with Crippen LogP contribution in [0.4, 0.5) is 0 Å². The van der Waals surface area contributed by atoms with E-state index in [4.69, 9.17) is 16.3 Å². The van der Waals surface area contributed by atoms with Crippen molar-refractivity contribution in [3.63, 3.8) is 0 Å². The van der Waals surface area contributed by atoms with Gasteiger partial charge < -0.3 is 25.2 Å². The number of hydrogen-bond donors (Lipinski definition) is 4. The van der Waals surface area contributed by atoms with E-state index in [1.165, 1.54) is 5.56 Å². The van der Waals surface area contributed by atoms with E-state index in [9.17, 15) is 20.4 Å². The third kappa shape index (κ3) is 3.50. The zero-order chi connectivity index (χ0) is 20.8. The maximum Gasteiger partial charge on any atom is 0.123 e. The number of fused-ring (bicyclic) bond motifs is 2. The summed E-state index contributed by atoms with van der Waals surface area (Å²) in [4.78, 5) is 0. The Kier molecular flexibility index (Phi) is 5.73. The number of aliphatic hydroxyl groups is 4. The first kappa shape index (κ1) is 20.8. The fourth-order valence-electron chi connectivity index (χ4n) is 4.63. The second-order valence-corrected chi connectivity index (χ2v) is 8.51. The van der Waals surface area contributed by atoms with Crippen molar-refractivity contribution in [2.24, 2.45) is 0 Å². The molecule has 0 radical (unpaired) electrons. The van der Waals surface area contributed by atoms with Crippen LogP contribution < -0.4 is 0 Å². The quantitative estimate of drug-likeness (QED) is 0.610. The molecular formula is C23H27ClO5. The minimum atomic E-state index is -1.40. The minimum Gasteiger partial charge on any atom is -0.394 e. The van der Waals surface area contributed by atoms with E-state index in [1.54, 1.807) is 0 Å². The Morgan fingerprint density at radius 2 is 1.76 bits per heavy atom. The van der Waals surface area contributed by atoms with Gasteiger partial charge in [0.1, 0.15) is 30.0 Å². The molecule has 2 aromatic rings. The zero-order valence-corrected chi connectivity index (χ0v) is 17.1. The Labute approximate surface area is 175 Å². The first-order chi connectivity index (χ1) is 13.9. The van der Waals surface area contributed by atoms with Crippen molar-refractivity contribution in [2.75, 3.05) is 6.61 Å². The topological polar surface area (TPSA) is 90.2 Å². The number of benzene rings is 2. The van der Waals surface area contributed by atoms with Gasteiger partial charge >= 0.3 is 0 Å². The van der Waals surface area contributed by atoms with Crippen molar-refractivity contribution in [2.45, 2.75) is 62.6 Å². The number of aliphatic hydroxyl groups excluding tert-OH is 4. The van der Waals surface area contributed by atoms with Gasteiger partial charge in [0.05, 0.1) is 6.61 Å². The summed E-state index contributed by atoms with van der Waals surface area (Å²) in [5.74, 6) is 0. The fraction of sp³-hybridized carbons (Fsp3) is 0.478. The van der Waals surface area contributed by atoms with Crippen LogP contribution in [-0.4, -0.2) is 51.4 Å². The highest BCUT2D eigenvalue weighted by atomic mass is 35.5. The molecule has 1 aliphatic carbocycles. The van der Waals surface area contributed by atoms with Crippen molar-refractivity contribution < 1.29 is 25.2 Å². The van der Waals surface area contributed by atoms with E-state index in [1.807, 2.05) is 12.1 Å². The molecule has 29 heavy (non-hydrogen) atoms. The summed E-state index contributed by atoms with van der Waals surface area (Å²) in [6.07, 6.45) is -2.28. The van der Waals surface area contributed by atoms with Crippen molar-refractivity contribution in [3.05, 3.63) is 69.2 Å². The van der Waals surface area contributed by atoms with Crippen LogP contribution in [0.3, 0.4) is 0 Å². The summed E-state index contributed by atoms with van der Waals surface area (Å²) < 4.78 is 6.03. The van der Waals surface area contributed by atoms with Crippen LogP contribution in [0.2, 0.25) is 5.02 Å². The Bertz CT molecular complexity index is 882. The maximum atomic E-state index is 10.8. The predicted molar refractivity (Wildman–Crippen MR) is 110 cm³/mol. The monoisotopic (exact) mass is 418 g/mol. The third-order valence-corrected chi connectivity index (χ3v) is 6.75. The van der Waals surface area contributed by atoms with Gasteiger partial charge in [0.25, 0.3) is 0 Å². The van der Waals surface area contributed by atoms with Gasteiger partial charge in [-0.2, -0.15) is 0 Å². The van der Waals surface area contributed by atoms with Gasteiger partial charge in [-0.15, -0.1) is 0 Å². The van der Waals surface area contributed by atoms with Crippen LogP contribution in [0.1, 0.15) is 41.2 Å². The molecule has 1 aliphatic heterocycles. The van der Waals surface area contributed by atoms with E-state index < -0.39 is 36.6 Å². The second-order valence-electron chi connectivity index (χ2n) is 8.10. The molecule has 4 N–H and O–H groups in total. The van der Waals surface area contributed by atoms with Crippen LogP contribution in [-0.2, 0) is 29.6 Å². The highest BCUT2D eigenvalue weighted by Crippen LogP contribution is 2.48. The number of hydrogen-bond acceptors (Lipinski definition) is 5. The molecule has 0 saturated carbocycles. The van der Waals surface area contributed by atoms with E-state index >= 15 is 0 Å². The first-order valence-corrected chi connectivity index (χ1v) is 10.5. The fourth-order valence-corrected chi connectivity index (χ4v) is 4.88. The predicted octanol–water partition coefficient (Wildman–Crippen LogP) is 2.11. The van der Waals surface area contributed by atoms with Crippen molar-refractivity contribution >= 4 is 11.6 Å². The van der Waals surface area contributed by atoms with Gasteiger partial charge in [0, 0.05) is 5.02 Å². The lowest BCUT2D eigenvalue weighted by Crippen LogP contribution is -2.62. The molecule has 1 spiro atoms. The minimum absolute atomic E-state index is 0.438. The summed E-state index contributed by atoms with van der Waals surface area (Å²) in [5, 5.41) is 41.6. The SMILES string of the molecule is CCc1ccc(Cc2cc3c(cc2Cl)CCC32OC(CO)C(O)C(O)C2O)cc1. The molecule has 1 heterocycles. The van der Waals surface area contributed by atoms with Crippen molar-refractivity contribution in [3.8, 4) is 0 Å². The Balaban J connectivity index is 1.71. The lowest BCUT2D eigenvalue weighted by molar-refractivity contribution is -0.278. The second kappa shape index (κ2) is 7.99. The van der Waals surface area contributed by atoms with Crippen LogP contribution in [0.15, 0.2) is 36.4 Å². The molecule has 5 atom stereocenters. The third-order valence-electron chi connectivity index (χ3n) is 6.39. The maximum absolute atomic E-state index is 10.8. The smallest absolute Gasteiger partial charge is 0.123 e. The molecule has 4 rings (SSSR count). The van der Waals surface area contributed by atoms with E-state index in [2.05, 4.69) is 31.2 Å². The average molecular weight is 419 g/mol.